The molecule has 0 saturated heterocycles. The van der Waals surface area contributed by atoms with Crippen LogP contribution in [0, 0.1) is 5.92 Å². The van der Waals surface area contributed by atoms with Gasteiger partial charge in [-0.2, -0.15) is 0 Å². The molecular weight excluding hydrogens is 294 g/mol. The highest BCUT2D eigenvalue weighted by Crippen LogP contribution is 2.31. The average Bonchev–Trinajstić information content (AvgIpc) is 2.33. The maximum absolute atomic E-state index is 5.91. The Balaban J connectivity index is 1.80. The van der Waals surface area contributed by atoms with Gasteiger partial charge in [-0.25, -0.2) is 0 Å². The zero-order valence-corrected chi connectivity index (χ0v) is 12.5. The molecule has 2 rings (SSSR count). The van der Waals surface area contributed by atoms with Gasteiger partial charge in [0.05, 0.1) is 19.8 Å². The van der Waals surface area contributed by atoms with Crippen LogP contribution >= 0.6 is 15.9 Å². The van der Waals surface area contributed by atoms with Crippen molar-refractivity contribution in [3.8, 4) is 5.75 Å². The van der Waals surface area contributed by atoms with Crippen LogP contribution in [0.2, 0.25) is 0 Å². The quantitative estimate of drug-likeness (QED) is 0.876. The molecule has 0 spiro atoms. The lowest BCUT2D eigenvalue weighted by Crippen LogP contribution is -2.36. The highest BCUT2D eigenvalue weighted by atomic mass is 79.9. The minimum absolute atomic E-state index is 0.418. The van der Waals surface area contributed by atoms with Gasteiger partial charge in [0, 0.05) is 4.47 Å². The van der Waals surface area contributed by atoms with E-state index in [9.17, 15) is 0 Å². The molecule has 1 aliphatic carbocycles. The van der Waals surface area contributed by atoms with Gasteiger partial charge in [0.1, 0.15) is 5.75 Å². The van der Waals surface area contributed by atoms with Crippen molar-refractivity contribution in [2.24, 2.45) is 5.92 Å². The van der Waals surface area contributed by atoms with Crippen molar-refractivity contribution >= 4 is 15.9 Å². The minimum atomic E-state index is 0.418. The number of hydrogen-bond donors (Lipinski definition) is 1. The largest absolute Gasteiger partial charge is 0.497 e. The van der Waals surface area contributed by atoms with Crippen LogP contribution in [0.5, 0.6) is 5.75 Å². The van der Waals surface area contributed by atoms with E-state index in [0.717, 1.165) is 28.2 Å². The Kier molecular flexibility index (Phi) is 5.03. The molecule has 0 amide bonds. The fourth-order valence-corrected chi connectivity index (χ4v) is 2.62. The van der Waals surface area contributed by atoms with E-state index in [1.54, 1.807) is 7.11 Å². The maximum Gasteiger partial charge on any atom is 0.119 e. The summed E-state index contributed by atoms with van der Waals surface area (Å²) in [6.45, 7) is 1.75. The molecule has 0 bridgehead atoms. The summed E-state index contributed by atoms with van der Waals surface area (Å²) in [5.41, 5.74) is 1.14. The zero-order chi connectivity index (χ0) is 13.0. The molecule has 1 N–H and O–H groups in total. The van der Waals surface area contributed by atoms with E-state index in [-0.39, 0.29) is 0 Å². The lowest BCUT2D eigenvalue weighted by atomic mass is 9.82. The molecule has 4 heteroatoms. The Morgan fingerprint density at radius 3 is 2.83 bits per heavy atom. The highest BCUT2D eigenvalue weighted by molar-refractivity contribution is 9.10. The van der Waals surface area contributed by atoms with Crippen LogP contribution < -0.4 is 10.1 Å². The molecule has 18 heavy (non-hydrogen) atoms. The fraction of sp³-hybridized carbons (Fsp3) is 0.571. The predicted octanol–water partition coefficient (Wildman–Crippen LogP) is 2.97. The Bertz CT molecular complexity index is 391. The van der Waals surface area contributed by atoms with Gasteiger partial charge in [0.25, 0.3) is 0 Å². The average molecular weight is 314 g/mol. The smallest absolute Gasteiger partial charge is 0.119 e. The molecule has 1 aromatic carbocycles. The van der Waals surface area contributed by atoms with Crippen molar-refractivity contribution in [2.45, 2.75) is 25.6 Å². The Labute approximate surface area is 117 Å². The van der Waals surface area contributed by atoms with Gasteiger partial charge in [-0.05, 0) is 56.1 Å². The molecule has 0 radical (unpaired) electrons. The van der Waals surface area contributed by atoms with Crippen LogP contribution in [0.15, 0.2) is 22.7 Å². The molecule has 100 valence electrons. The summed E-state index contributed by atoms with van der Waals surface area (Å²) in [6, 6.07) is 5.97. The van der Waals surface area contributed by atoms with Gasteiger partial charge < -0.3 is 14.8 Å². The third-order valence-corrected chi connectivity index (χ3v) is 4.19. The molecular formula is C14H20BrNO2. The molecule has 1 aromatic rings. The summed E-state index contributed by atoms with van der Waals surface area (Å²) in [5, 5.41) is 3.21. The molecule has 0 aromatic heterocycles. The van der Waals surface area contributed by atoms with Crippen molar-refractivity contribution in [1.29, 1.82) is 0 Å². The zero-order valence-electron chi connectivity index (χ0n) is 10.9. The van der Waals surface area contributed by atoms with Gasteiger partial charge >= 0.3 is 0 Å². The third kappa shape index (κ3) is 3.46. The monoisotopic (exact) mass is 313 g/mol. The first kappa shape index (κ1) is 13.8. The number of hydrogen-bond acceptors (Lipinski definition) is 3. The number of rotatable bonds is 6. The summed E-state index contributed by atoms with van der Waals surface area (Å²) < 4.78 is 12.2. The predicted molar refractivity (Wildman–Crippen MR) is 75.9 cm³/mol. The number of halogens is 1. The second-order valence-electron chi connectivity index (χ2n) is 4.79. The van der Waals surface area contributed by atoms with Crippen LogP contribution in [0.1, 0.15) is 18.4 Å². The van der Waals surface area contributed by atoms with E-state index in [2.05, 4.69) is 21.2 Å². The summed E-state index contributed by atoms with van der Waals surface area (Å²) in [5.74, 6) is 1.66. The van der Waals surface area contributed by atoms with E-state index < -0.39 is 0 Å². The fourth-order valence-electron chi connectivity index (χ4n) is 2.26. The van der Waals surface area contributed by atoms with E-state index >= 15 is 0 Å². The van der Waals surface area contributed by atoms with Crippen LogP contribution in [-0.4, -0.2) is 26.8 Å². The molecule has 3 nitrogen and oxygen atoms in total. The molecule has 0 aliphatic heterocycles. The third-order valence-electron chi connectivity index (χ3n) is 3.41. The number of benzene rings is 1. The lowest BCUT2D eigenvalue weighted by Gasteiger charge is -2.35. The molecule has 0 heterocycles. The molecule has 1 aliphatic rings. The summed E-state index contributed by atoms with van der Waals surface area (Å²) in [4.78, 5) is 0. The number of nitrogens with one attached hydrogen (secondary N) is 1. The molecule has 1 fully saturated rings. The summed E-state index contributed by atoms with van der Waals surface area (Å²) in [7, 11) is 3.68. The Hall–Kier alpha value is -0.580. The topological polar surface area (TPSA) is 30.5 Å². The van der Waals surface area contributed by atoms with Crippen molar-refractivity contribution in [3.05, 3.63) is 28.2 Å². The SMILES string of the molecule is CNCC1CC(OCc2cc(OC)ccc2Br)C1. The number of methoxy groups -OCH3 is 1. The Morgan fingerprint density at radius 2 is 2.17 bits per heavy atom. The van der Waals surface area contributed by atoms with E-state index in [0.29, 0.717) is 12.7 Å². The van der Waals surface area contributed by atoms with Gasteiger partial charge in [-0.15, -0.1) is 0 Å². The summed E-state index contributed by atoms with van der Waals surface area (Å²) >= 11 is 3.54. The first-order valence-corrected chi connectivity index (χ1v) is 7.11. The van der Waals surface area contributed by atoms with E-state index in [1.165, 1.54) is 12.8 Å². The lowest BCUT2D eigenvalue weighted by molar-refractivity contribution is -0.0393. The first-order valence-electron chi connectivity index (χ1n) is 6.31. The second kappa shape index (κ2) is 6.55. The van der Waals surface area contributed by atoms with Crippen molar-refractivity contribution in [3.63, 3.8) is 0 Å². The van der Waals surface area contributed by atoms with Crippen LogP contribution in [0.25, 0.3) is 0 Å². The summed E-state index contributed by atoms with van der Waals surface area (Å²) in [6.07, 6.45) is 2.76. The highest BCUT2D eigenvalue weighted by Gasteiger charge is 2.29. The molecule has 1 saturated carbocycles. The maximum atomic E-state index is 5.91. The molecule has 0 unspecified atom stereocenters. The van der Waals surface area contributed by atoms with Gasteiger partial charge in [-0.3, -0.25) is 0 Å². The van der Waals surface area contributed by atoms with Gasteiger partial charge in [0.15, 0.2) is 0 Å². The molecule has 0 atom stereocenters. The second-order valence-corrected chi connectivity index (χ2v) is 5.64. The van der Waals surface area contributed by atoms with Crippen molar-refractivity contribution in [2.75, 3.05) is 20.7 Å². The number of ether oxygens (including phenoxy) is 2. The van der Waals surface area contributed by atoms with Crippen LogP contribution in [0.4, 0.5) is 0 Å². The van der Waals surface area contributed by atoms with E-state index in [1.807, 2.05) is 25.2 Å². The van der Waals surface area contributed by atoms with E-state index in [4.69, 9.17) is 9.47 Å². The van der Waals surface area contributed by atoms with Crippen LogP contribution in [0.3, 0.4) is 0 Å². The minimum Gasteiger partial charge on any atom is -0.497 e. The van der Waals surface area contributed by atoms with Crippen LogP contribution in [-0.2, 0) is 11.3 Å². The van der Waals surface area contributed by atoms with Crippen molar-refractivity contribution in [1.82, 2.24) is 5.32 Å². The van der Waals surface area contributed by atoms with Crippen molar-refractivity contribution < 1.29 is 9.47 Å². The Morgan fingerprint density at radius 1 is 1.39 bits per heavy atom. The normalized spacial score (nSPS) is 22.6. The van der Waals surface area contributed by atoms with Gasteiger partial charge in [0.2, 0.25) is 0 Å². The first-order chi connectivity index (χ1) is 8.72. The standard InChI is InChI=1S/C14H20BrNO2/c1-16-8-10-5-13(6-10)18-9-11-7-12(17-2)3-4-14(11)15/h3-4,7,10,13,16H,5-6,8-9H2,1-2H3. The van der Waals surface area contributed by atoms with Gasteiger partial charge in [-0.1, -0.05) is 15.9 Å².